The fraction of sp³-hybridized carbons (Fsp3) is 0.600. The van der Waals surface area contributed by atoms with Crippen molar-refractivity contribution in [1.82, 2.24) is 5.32 Å². The number of amides is 1. The summed E-state index contributed by atoms with van der Waals surface area (Å²) >= 11 is 0. The Morgan fingerprint density at radius 2 is 2.40 bits per heavy atom. The summed E-state index contributed by atoms with van der Waals surface area (Å²) in [5.74, 6) is -1.07. The van der Waals surface area contributed by atoms with Gasteiger partial charge < -0.3 is 15.2 Å². The smallest absolute Gasteiger partial charge is 0.303 e. The molecule has 1 aliphatic rings. The molecule has 1 amide bonds. The van der Waals surface area contributed by atoms with Crippen LogP contribution in [0.2, 0.25) is 0 Å². The Hall–Kier alpha value is -1.52. The zero-order valence-electron chi connectivity index (χ0n) is 8.66. The summed E-state index contributed by atoms with van der Waals surface area (Å²) in [5, 5.41) is 11.2. The van der Waals surface area contributed by atoms with Crippen LogP contribution in [-0.2, 0) is 14.3 Å². The summed E-state index contributed by atoms with van der Waals surface area (Å²) in [6, 6.07) is 0. The van der Waals surface area contributed by atoms with E-state index >= 15 is 0 Å². The molecule has 1 heterocycles. The molecule has 2 N–H and O–H groups in total. The second-order valence-corrected chi connectivity index (χ2v) is 3.68. The molecule has 1 rings (SSSR count). The first-order valence-corrected chi connectivity index (χ1v) is 4.90. The number of carboxylic acid groups (broad SMARTS) is 1. The predicted octanol–water partition coefficient (Wildman–Crippen LogP) is 0.518. The van der Waals surface area contributed by atoms with Gasteiger partial charge in [-0.3, -0.25) is 9.59 Å². The molecule has 1 unspecified atom stereocenters. The molecule has 0 saturated carbocycles. The Morgan fingerprint density at radius 3 is 2.93 bits per heavy atom. The third-order valence-electron chi connectivity index (χ3n) is 2.14. The molecule has 0 aromatic rings. The molecule has 1 aliphatic heterocycles. The van der Waals surface area contributed by atoms with Gasteiger partial charge in [0.25, 0.3) is 0 Å². The van der Waals surface area contributed by atoms with E-state index in [-0.39, 0.29) is 18.2 Å². The van der Waals surface area contributed by atoms with E-state index in [2.05, 4.69) is 5.32 Å². The molecule has 15 heavy (non-hydrogen) atoms. The molecular weight excluding hydrogens is 198 g/mol. The first-order chi connectivity index (χ1) is 7.09. The summed E-state index contributed by atoms with van der Waals surface area (Å²) in [5.41, 5.74) is 0.623. The van der Waals surface area contributed by atoms with Gasteiger partial charge in [-0.25, -0.2) is 0 Å². The Labute approximate surface area is 88.1 Å². The van der Waals surface area contributed by atoms with Crippen LogP contribution in [-0.4, -0.2) is 30.1 Å². The number of aliphatic carboxylic acids is 1. The number of rotatable bonds is 5. The van der Waals surface area contributed by atoms with Crippen LogP contribution in [0.25, 0.3) is 0 Å². The lowest BCUT2D eigenvalue weighted by Gasteiger charge is -2.09. The molecule has 84 valence electrons. The van der Waals surface area contributed by atoms with Gasteiger partial charge in [0.05, 0.1) is 18.4 Å². The number of carbonyl (C=O) groups is 2. The largest absolute Gasteiger partial charge is 0.500 e. The van der Waals surface area contributed by atoms with Gasteiger partial charge in [0, 0.05) is 19.4 Å². The second kappa shape index (κ2) is 5.38. The van der Waals surface area contributed by atoms with Crippen molar-refractivity contribution < 1.29 is 19.4 Å². The standard InChI is InChI=1S/C10H15NO4/c1-7(4-9(12)13)5-11-10(14)8-2-3-15-6-8/h6-7H,2-5H2,1H3,(H,11,14)(H,12,13). The number of ether oxygens (including phenoxy) is 1. The predicted molar refractivity (Wildman–Crippen MR) is 53.1 cm³/mol. The van der Waals surface area contributed by atoms with Gasteiger partial charge >= 0.3 is 5.97 Å². The number of carboxylic acids is 1. The van der Waals surface area contributed by atoms with E-state index in [0.717, 1.165) is 0 Å². The van der Waals surface area contributed by atoms with E-state index in [1.807, 2.05) is 0 Å². The van der Waals surface area contributed by atoms with E-state index in [4.69, 9.17) is 9.84 Å². The minimum atomic E-state index is -0.847. The maximum absolute atomic E-state index is 11.4. The minimum absolute atomic E-state index is 0.0608. The highest BCUT2D eigenvalue weighted by atomic mass is 16.5. The van der Waals surface area contributed by atoms with Crippen molar-refractivity contribution >= 4 is 11.9 Å². The molecule has 1 atom stereocenters. The summed E-state index contributed by atoms with van der Waals surface area (Å²) in [6.07, 6.45) is 2.15. The van der Waals surface area contributed by atoms with Crippen molar-refractivity contribution in [3.8, 4) is 0 Å². The van der Waals surface area contributed by atoms with Crippen molar-refractivity contribution in [3.63, 3.8) is 0 Å². The molecule has 0 saturated heterocycles. The van der Waals surface area contributed by atoms with Gasteiger partial charge in [-0.1, -0.05) is 6.92 Å². The van der Waals surface area contributed by atoms with Crippen LogP contribution in [0.5, 0.6) is 0 Å². The quantitative estimate of drug-likeness (QED) is 0.698. The molecule has 0 spiro atoms. The molecule has 5 nitrogen and oxygen atoms in total. The van der Waals surface area contributed by atoms with Gasteiger partial charge in [0.15, 0.2) is 0 Å². The average Bonchev–Trinajstić information content (AvgIpc) is 2.65. The normalized spacial score (nSPS) is 16.5. The van der Waals surface area contributed by atoms with Crippen LogP contribution in [0.3, 0.4) is 0 Å². The first-order valence-electron chi connectivity index (χ1n) is 4.90. The van der Waals surface area contributed by atoms with E-state index in [9.17, 15) is 9.59 Å². The maximum Gasteiger partial charge on any atom is 0.303 e. The highest BCUT2D eigenvalue weighted by Gasteiger charge is 2.15. The third kappa shape index (κ3) is 4.01. The van der Waals surface area contributed by atoms with Gasteiger partial charge in [-0.15, -0.1) is 0 Å². The lowest BCUT2D eigenvalue weighted by Crippen LogP contribution is -2.30. The number of hydrogen-bond donors (Lipinski definition) is 2. The molecule has 0 aromatic heterocycles. The van der Waals surface area contributed by atoms with Crippen LogP contribution in [0, 0.1) is 5.92 Å². The molecule has 0 aromatic carbocycles. The Morgan fingerprint density at radius 1 is 1.67 bits per heavy atom. The highest BCUT2D eigenvalue weighted by Crippen LogP contribution is 2.10. The highest BCUT2D eigenvalue weighted by molar-refractivity contribution is 5.93. The molecule has 0 bridgehead atoms. The zero-order chi connectivity index (χ0) is 11.3. The zero-order valence-corrected chi connectivity index (χ0v) is 8.66. The third-order valence-corrected chi connectivity index (χ3v) is 2.14. The van der Waals surface area contributed by atoms with Gasteiger partial charge in [0.1, 0.15) is 0 Å². The lowest BCUT2D eigenvalue weighted by atomic mass is 10.1. The van der Waals surface area contributed by atoms with E-state index in [0.29, 0.717) is 25.1 Å². The number of nitrogens with one attached hydrogen (secondary N) is 1. The Bertz CT molecular complexity index is 285. The van der Waals surface area contributed by atoms with Crippen LogP contribution in [0.15, 0.2) is 11.8 Å². The molecular formula is C10H15NO4. The maximum atomic E-state index is 11.4. The average molecular weight is 213 g/mol. The van der Waals surface area contributed by atoms with Crippen molar-refractivity contribution in [2.24, 2.45) is 5.92 Å². The molecule has 0 fully saturated rings. The van der Waals surface area contributed by atoms with E-state index < -0.39 is 5.97 Å². The van der Waals surface area contributed by atoms with Crippen molar-refractivity contribution in [1.29, 1.82) is 0 Å². The second-order valence-electron chi connectivity index (χ2n) is 3.68. The number of carbonyl (C=O) groups excluding carboxylic acids is 1. The monoisotopic (exact) mass is 213 g/mol. The van der Waals surface area contributed by atoms with Crippen molar-refractivity contribution in [2.45, 2.75) is 19.8 Å². The summed E-state index contributed by atoms with van der Waals surface area (Å²) in [4.78, 5) is 21.8. The fourth-order valence-electron chi connectivity index (χ4n) is 1.31. The van der Waals surface area contributed by atoms with Gasteiger partial charge in [-0.2, -0.15) is 0 Å². The SMILES string of the molecule is CC(CNC(=O)C1=COCC1)CC(=O)O. The molecule has 0 radical (unpaired) electrons. The Balaban J connectivity index is 2.24. The Kier molecular flexibility index (Phi) is 4.15. The summed E-state index contributed by atoms with van der Waals surface area (Å²) < 4.78 is 4.93. The first kappa shape index (κ1) is 11.6. The van der Waals surface area contributed by atoms with Crippen molar-refractivity contribution in [2.75, 3.05) is 13.2 Å². The van der Waals surface area contributed by atoms with E-state index in [1.165, 1.54) is 6.26 Å². The van der Waals surface area contributed by atoms with Gasteiger partial charge in [0.2, 0.25) is 5.91 Å². The van der Waals surface area contributed by atoms with Crippen LogP contribution >= 0.6 is 0 Å². The molecule has 0 aliphatic carbocycles. The van der Waals surface area contributed by atoms with Gasteiger partial charge in [-0.05, 0) is 5.92 Å². The van der Waals surface area contributed by atoms with Crippen molar-refractivity contribution in [3.05, 3.63) is 11.8 Å². The van der Waals surface area contributed by atoms with Crippen LogP contribution in [0.4, 0.5) is 0 Å². The summed E-state index contributed by atoms with van der Waals surface area (Å²) in [6.45, 7) is 2.71. The van der Waals surface area contributed by atoms with Crippen LogP contribution < -0.4 is 5.32 Å². The minimum Gasteiger partial charge on any atom is -0.500 e. The topological polar surface area (TPSA) is 75.6 Å². The van der Waals surface area contributed by atoms with Crippen LogP contribution in [0.1, 0.15) is 19.8 Å². The fourth-order valence-corrected chi connectivity index (χ4v) is 1.31. The summed E-state index contributed by atoms with van der Waals surface area (Å²) in [7, 11) is 0. The lowest BCUT2D eigenvalue weighted by molar-refractivity contribution is -0.138. The number of hydrogen-bond acceptors (Lipinski definition) is 3. The van der Waals surface area contributed by atoms with E-state index in [1.54, 1.807) is 6.92 Å². The molecule has 5 heteroatoms.